The molecule has 0 aliphatic carbocycles. The van der Waals surface area contributed by atoms with Crippen molar-refractivity contribution < 1.29 is 9.59 Å². The van der Waals surface area contributed by atoms with Gasteiger partial charge in [0.05, 0.1) is 6.04 Å². The van der Waals surface area contributed by atoms with Crippen molar-refractivity contribution in [3.8, 4) is 0 Å². The molecule has 132 valence electrons. The third-order valence-electron chi connectivity index (χ3n) is 4.99. The fourth-order valence-electron chi connectivity index (χ4n) is 3.44. The third kappa shape index (κ3) is 3.42. The number of carbonyl (C=O) groups excluding carboxylic acids is 2. The Hall–Kier alpha value is -1.60. The second kappa shape index (κ2) is 7.11. The molecule has 3 heterocycles. The van der Waals surface area contributed by atoms with Crippen LogP contribution in [0.5, 0.6) is 0 Å². The summed E-state index contributed by atoms with van der Waals surface area (Å²) >= 11 is 1.79. The molecule has 1 fully saturated rings. The first kappa shape index (κ1) is 17.2. The molecule has 1 aromatic rings. The Morgan fingerprint density at radius 1 is 1.12 bits per heavy atom. The standard InChI is InChI=1S/C17H26N4O2S/c1-13(19-7-9-20(10-8-19)17(23)18(2)3)16(22)21-6-4-15-14(12-21)5-11-24-15/h5,11,13H,4,6-10,12H2,1-3H3. The fraction of sp³-hybridized carbons (Fsp3) is 0.647. The van der Waals surface area contributed by atoms with Crippen LogP contribution in [0.3, 0.4) is 0 Å². The topological polar surface area (TPSA) is 47.1 Å². The molecule has 3 amide bonds. The molecular formula is C17H26N4O2S. The van der Waals surface area contributed by atoms with E-state index in [0.29, 0.717) is 13.1 Å². The van der Waals surface area contributed by atoms with E-state index in [1.165, 1.54) is 10.4 Å². The van der Waals surface area contributed by atoms with E-state index in [2.05, 4.69) is 16.3 Å². The lowest BCUT2D eigenvalue weighted by Crippen LogP contribution is -2.57. The molecule has 0 spiro atoms. The van der Waals surface area contributed by atoms with Crippen molar-refractivity contribution in [1.82, 2.24) is 19.6 Å². The summed E-state index contributed by atoms with van der Waals surface area (Å²) in [7, 11) is 3.55. The summed E-state index contributed by atoms with van der Waals surface area (Å²) in [6.45, 7) is 6.42. The van der Waals surface area contributed by atoms with Gasteiger partial charge in [-0.15, -0.1) is 11.3 Å². The number of urea groups is 1. The highest BCUT2D eigenvalue weighted by Gasteiger charge is 2.31. The molecule has 0 bridgehead atoms. The van der Waals surface area contributed by atoms with E-state index >= 15 is 0 Å². The minimum atomic E-state index is -0.123. The predicted molar refractivity (Wildman–Crippen MR) is 95.1 cm³/mol. The minimum absolute atomic E-state index is 0.0506. The number of piperazine rings is 1. The van der Waals surface area contributed by atoms with E-state index in [0.717, 1.165) is 32.6 Å². The van der Waals surface area contributed by atoms with Crippen molar-refractivity contribution in [3.05, 3.63) is 21.9 Å². The number of rotatable bonds is 2. The maximum absolute atomic E-state index is 12.9. The van der Waals surface area contributed by atoms with Crippen molar-refractivity contribution in [1.29, 1.82) is 0 Å². The zero-order valence-corrected chi connectivity index (χ0v) is 15.5. The number of thiophene rings is 1. The maximum Gasteiger partial charge on any atom is 0.319 e. The molecular weight excluding hydrogens is 324 g/mol. The van der Waals surface area contributed by atoms with Crippen LogP contribution in [0, 0.1) is 0 Å². The largest absolute Gasteiger partial charge is 0.337 e. The van der Waals surface area contributed by atoms with Crippen molar-refractivity contribution in [2.24, 2.45) is 0 Å². The van der Waals surface area contributed by atoms with Crippen LogP contribution >= 0.6 is 11.3 Å². The van der Waals surface area contributed by atoms with Gasteiger partial charge in [0.1, 0.15) is 0 Å². The van der Waals surface area contributed by atoms with Crippen LogP contribution in [0.1, 0.15) is 17.4 Å². The van der Waals surface area contributed by atoms with Gasteiger partial charge in [0.15, 0.2) is 0 Å². The molecule has 7 heteroatoms. The van der Waals surface area contributed by atoms with Gasteiger partial charge in [-0.05, 0) is 30.4 Å². The lowest BCUT2D eigenvalue weighted by Gasteiger charge is -2.40. The summed E-state index contributed by atoms with van der Waals surface area (Å²) in [5.41, 5.74) is 1.30. The van der Waals surface area contributed by atoms with Gasteiger partial charge in [0.25, 0.3) is 0 Å². The van der Waals surface area contributed by atoms with Crippen LogP contribution in [0.15, 0.2) is 11.4 Å². The van der Waals surface area contributed by atoms with Crippen molar-refractivity contribution in [2.75, 3.05) is 46.8 Å². The second-order valence-corrected chi connectivity index (χ2v) is 7.76. The van der Waals surface area contributed by atoms with Gasteiger partial charge >= 0.3 is 6.03 Å². The SMILES string of the molecule is CC(C(=O)N1CCc2sccc2C1)N1CCN(C(=O)N(C)C)CC1. The molecule has 0 radical (unpaired) electrons. The highest BCUT2D eigenvalue weighted by atomic mass is 32.1. The molecule has 6 nitrogen and oxygen atoms in total. The van der Waals surface area contributed by atoms with Gasteiger partial charge in [-0.25, -0.2) is 4.79 Å². The molecule has 3 rings (SSSR count). The summed E-state index contributed by atoms with van der Waals surface area (Å²) < 4.78 is 0. The van der Waals surface area contributed by atoms with Crippen LogP contribution in [-0.4, -0.2) is 84.4 Å². The van der Waals surface area contributed by atoms with Gasteiger partial charge in [-0.3, -0.25) is 9.69 Å². The first-order chi connectivity index (χ1) is 11.5. The van der Waals surface area contributed by atoms with Gasteiger partial charge in [-0.2, -0.15) is 0 Å². The highest BCUT2D eigenvalue weighted by Crippen LogP contribution is 2.25. The predicted octanol–water partition coefficient (Wildman–Crippen LogP) is 1.32. The minimum Gasteiger partial charge on any atom is -0.337 e. The number of carbonyl (C=O) groups is 2. The van der Waals surface area contributed by atoms with Crippen LogP contribution < -0.4 is 0 Å². The monoisotopic (exact) mass is 350 g/mol. The Morgan fingerprint density at radius 2 is 1.83 bits per heavy atom. The van der Waals surface area contributed by atoms with Gasteiger partial charge in [-0.1, -0.05) is 0 Å². The smallest absolute Gasteiger partial charge is 0.319 e. The number of hydrogen-bond donors (Lipinski definition) is 0. The number of amides is 3. The zero-order chi connectivity index (χ0) is 17.3. The molecule has 1 atom stereocenters. The van der Waals surface area contributed by atoms with Crippen LogP contribution in [-0.2, 0) is 17.8 Å². The second-order valence-electron chi connectivity index (χ2n) is 6.75. The molecule has 1 aromatic heterocycles. The highest BCUT2D eigenvalue weighted by molar-refractivity contribution is 7.10. The van der Waals surface area contributed by atoms with Crippen LogP contribution in [0.4, 0.5) is 4.79 Å². The average Bonchev–Trinajstić information content (AvgIpc) is 3.07. The quantitative estimate of drug-likeness (QED) is 0.808. The fourth-order valence-corrected chi connectivity index (χ4v) is 4.33. The molecule has 1 unspecified atom stereocenters. The summed E-state index contributed by atoms with van der Waals surface area (Å²) in [5.74, 6) is 0.208. The summed E-state index contributed by atoms with van der Waals surface area (Å²) in [4.78, 5) is 33.9. The molecule has 0 N–H and O–H groups in total. The Morgan fingerprint density at radius 3 is 2.50 bits per heavy atom. The maximum atomic E-state index is 12.9. The Labute approximate surface area is 147 Å². The lowest BCUT2D eigenvalue weighted by atomic mass is 10.1. The molecule has 0 aromatic carbocycles. The van der Waals surface area contributed by atoms with E-state index in [4.69, 9.17) is 0 Å². The van der Waals surface area contributed by atoms with Crippen molar-refractivity contribution >= 4 is 23.3 Å². The summed E-state index contributed by atoms with van der Waals surface area (Å²) in [6, 6.07) is 2.06. The lowest BCUT2D eigenvalue weighted by molar-refractivity contribution is -0.137. The summed E-state index contributed by atoms with van der Waals surface area (Å²) in [6.07, 6.45) is 0.969. The van der Waals surface area contributed by atoms with Crippen molar-refractivity contribution in [3.63, 3.8) is 0 Å². The average molecular weight is 350 g/mol. The van der Waals surface area contributed by atoms with Crippen LogP contribution in [0.2, 0.25) is 0 Å². The van der Waals surface area contributed by atoms with E-state index in [-0.39, 0.29) is 18.0 Å². The van der Waals surface area contributed by atoms with E-state index in [1.807, 2.05) is 16.7 Å². The molecule has 2 aliphatic heterocycles. The van der Waals surface area contributed by atoms with Crippen molar-refractivity contribution in [2.45, 2.75) is 25.9 Å². The molecule has 24 heavy (non-hydrogen) atoms. The van der Waals surface area contributed by atoms with Gasteiger partial charge in [0.2, 0.25) is 5.91 Å². The van der Waals surface area contributed by atoms with Gasteiger partial charge in [0, 0.05) is 58.2 Å². The number of fused-ring (bicyclic) bond motifs is 1. The Balaban J connectivity index is 1.55. The first-order valence-electron chi connectivity index (χ1n) is 8.51. The zero-order valence-electron chi connectivity index (χ0n) is 14.7. The van der Waals surface area contributed by atoms with E-state index < -0.39 is 0 Å². The van der Waals surface area contributed by atoms with Gasteiger partial charge < -0.3 is 14.7 Å². The Kier molecular flexibility index (Phi) is 5.10. The normalized spacial score (nSPS) is 19.8. The molecule has 2 aliphatic rings. The molecule has 0 saturated carbocycles. The van der Waals surface area contributed by atoms with Crippen LogP contribution in [0.25, 0.3) is 0 Å². The number of hydrogen-bond acceptors (Lipinski definition) is 4. The Bertz CT molecular complexity index is 607. The summed E-state index contributed by atoms with van der Waals surface area (Å²) in [5, 5.41) is 2.11. The third-order valence-corrected chi connectivity index (χ3v) is 6.01. The molecule has 1 saturated heterocycles. The first-order valence-corrected chi connectivity index (χ1v) is 9.39. The van der Waals surface area contributed by atoms with E-state index in [1.54, 1.807) is 30.3 Å². The number of nitrogens with zero attached hydrogens (tertiary/aromatic N) is 4. The van der Waals surface area contributed by atoms with E-state index in [9.17, 15) is 9.59 Å².